The van der Waals surface area contributed by atoms with E-state index in [1.54, 1.807) is 59.0 Å². The Hall–Kier alpha value is -6.78. The lowest BCUT2D eigenvalue weighted by Crippen LogP contribution is -2.57. The number of hydrogen-bond donors (Lipinski definition) is 4. The molecular formula is C55H70F2N12O7S. The van der Waals surface area contributed by atoms with Gasteiger partial charge in [-0.25, -0.2) is 18.6 Å². The zero-order valence-electron chi connectivity index (χ0n) is 44.7. The third-order valence-electron chi connectivity index (χ3n) is 15.3. The minimum Gasteiger partial charge on any atom is -0.391 e. The Morgan fingerprint density at radius 3 is 2.39 bits per heavy atom. The monoisotopic (exact) mass is 1080 g/mol. The first-order chi connectivity index (χ1) is 36.9. The molecule has 2 saturated heterocycles. The number of urea groups is 1. The number of likely N-dealkylation sites (tertiary alicyclic amines) is 2. The average Bonchev–Trinajstić information content (AvgIpc) is 4.25. The first-order valence-corrected chi connectivity index (χ1v) is 27.4. The van der Waals surface area contributed by atoms with Crippen LogP contribution in [0.2, 0.25) is 0 Å². The highest BCUT2D eigenvalue weighted by molar-refractivity contribution is 7.13. The second-order valence-electron chi connectivity index (χ2n) is 21.6. The molecule has 4 aliphatic heterocycles. The third-order valence-corrected chi connectivity index (χ3v) is 16.2. The number of rotatable bonds is 16. The van der Waals surface area contributed by atoms with Gasteiger partial charge in [0.15, 0.2) is 5.82 Å². The molecule has 0 bridgehead atoms. The number of carbonyl (C=O) groups excluding carboxylic acids is 5. The fourth-order valence-corrected chi connectivity index (χ4v) is 11.9. The summed E-state index contributed by atoms with van der Waals surface area (Å²) in [5.74, 6) is -0.694. The van der Waals surface area contributed by atoms with Gasteiger partial charge in [0.05, 0.1) is 60.6 Å². The largest absolute Gasteiger partial charge is 0.391 e. The highest BCUT2D eigenvalue weighted by Crippen LogP contribution is 2.44. The number of amides is 6. The summed E-state index contributed by atoms with van der Waals surface area (Å²) in [5, 5.41) is 28.7. The van der Waals surface area contributed by atoms with Crippen molar-refractivity contribution in [3.05, 3.63) is 87.9 Å². The Morgan fingerprint density at radius 2 is 1.71 bits per heavy atom. The van der Waals surface area contributed by atoms with Gasteiger partial charge in [-0.1, -0.05) is 45.0 Å². The van der Waals surface area contributed by atoms with E-state index in [0.29, 0.717) is 81.0 Å². The molecule has 19 nitrogen and oxygen atoms in total. The van der Waals surface area contributed by atoms with Crippen LogP contribution in [0.15, 0.2) is 54.3 Å². The fourth-order valence-electron chi connectivity index (χ4n) is 11.1. The summed E-state index contributed by atoms with van der Waals surface area (Å²) in [6.07, 6.45) is 3.18. The molecule has 3 aromatic heterocycles. The van der Waals surface area contributed by atoms with Crippen molar-refractivity contribution in [2.45, 2.75) is 123 Å². The highest BCUT2D eigenvalue weighted by Gasteiger charge is 2.45. The lowest BCUT2D eigenvalue weighted by molar-refractivity contribution is -0.144. The Kier molecular flexibility index (Phi) is 16.7. The lowest BCUT2D eigenvalue weighted by Gasteiger charge is -2.35. The average molecular weight is 1080 g/mol. The molecule has 7 heterocycles. The van der Waals surface area contributed by atoms with Crippen molar-refractivity contribution in [3.63, 3.8) is 0 Å². The minimum atomic E-state index is -2.72. The number of ether oxygens (including phenoxy) is 1. The summed E-state index contributed by atoms with van der Waals surface area (Å²) < 4.78 is 39.0. The molecule has 3 atom stereocenters. The van der Waals surface area contributed by atoms with Gasteiger partial charge in [-0.2, -0.15) is 10.2 Å². The number of nitrogens with one attached hydrogen (secondary N) is 3. The van der Waals surface area contributed by atoms with E-state index in [-0.39, 0.29) is 69.1 Å². The molecule has 6 amide bonds. The van der Waals surface area contributed by atoms with Gasteiger partial charge >= 0.3 is 6.03 Å². The van der Waals surface area contributed by atoms with Crippen molar-refractivity contribution >= 4 is 52.5 Å². The number of hydrogen-bond acceptors (Lipinski definition) is 12. The van der Waals surface area contributed by atoms with E-state index in [0.717, 1.165) is 44.9 Å². The number of aliphatic hydroxyl groups excluding tert-OH is 1. The Bertz CT molecular complexity index is 2960. The SMILES string of the molecule is CNC(=O)N1CCc2c(c(N3CCCc4cc(-c5cnn(C)c5)c(C(F)F)cc43)nn2C2CCN(C(=O)CCOCCC(=O)N[C@H](C(=O)N3C[C@H](O)C[C@H]3C(=O)NCc3ccc(-c4scnc4C)cc3)C(C)(C)C)CC2)C1. The maximum absolute atomic E-state index is 14.8. The number of β-amino-alcohol motifs (C(OH)–C–C–N with tert-alkyl or cyclic N) is 1. The number of fused-ring (bicyclic) bond motifs is 2. The normalized spacial score (nSPS) is 18.3. The van der Waals surface area contributed by atoms with Crippen molar-refractivity contribution in [2.75, 3.05) is 57.9 Å². The van der Waals surface area contributed by atoms with Crippen LogP contribution < -0.4 is 20.9 Å². The van der Waals surface area contributed by atoms with Gasteiger partial charge in [-0.05, 0) is 72.4 Å². The van der Waals surface area contributed by atoms with E-state index in [2.05, 4.69) is 30.7 Å². The fraction of sp³-hybridized carbons (Fsp3) is 0.527. The molecular weight excluding hydrogens is 1010 g/mol. The molecule has 0 unspecified atom stereocenters. The van der Waals surface area contributed by atoms with Gasteiger partial charge < -0.3 is 45.4 Å². The van der Waals surface area contributed by atoms with E-state index in [4.69, 9.17) is 9.84 Å². The highest BCUT2D eigenvalue weighted by atomic mass is 32.1. The summed E-state index contributed by atoms with van der Waals surface area (Å²) >= 11 is 1.56. The summed E-state index contributed by atoms with van der Waals surface area (Å²) in [6, 6.07) is 9.14. The number of benzene rings is 2. The second kappa shape index (κ2) is 23.4. The molecule has 0 radical (unpaired) electrons. The smallest absolute Gasteiger partial charge is 0.317 e. The predicted molar refractivity (Wildman–Crippen MR) is 286 cm³/mol. The molecule has 22 heteroatoms. The maximum atomic E-state index is 14.8. The molecule has 412 valence electrons. The molecule has 9 rings (SSSR count). The molecule has 77 heavy (non-hydrogen) atoms. The second-order valence-corrected chi connectivity index (χ2v) is 22.5. The van der Waals surface area contributed by atoms with E-state index in [1.165, 1.54) is 4.90 Å². The topological polar surface area (TPSA) is 212 Å². The van der Waals surface area contributed by atoms with Gasteiger partial charge in [0.2, 0.25) is 23.6 Å². The van der Waals surface area contributed by atoms with Gasteiger partial charge in [0.25, 0.3) is 6.43 Å². The van der Waals surface area contributed by atoms with Gasteiger partial charge in [0.1, 0.15) is 12.1 Å². The number of thiazole rings is 1. The third kappa shape index (κ3) is 12.2. The zero-order valence-corrected chi connectivity index (χ0v) is 45.5. The zero-order chi connectivity index (χ0) is 54.7. The van der Waals surface area contributed by atoms with E-state index >= 15 is 0 Å². The van der Waals surface area contributed by atoms with Crippen LogP contribution in [0.1, 0.15) is 105 Å². The minimum absolute atomic E-state index is 0.0190. The van der Waals surface area contributed by atoms with Crippen molar-refractivity contribution in [1.82, 2.24) is 55.2 Å². The summed E-state index contributed by atoms with van der Waals surface area (Å²) in [4.78, 5) is 79.8. The molecule has 2 aromatic carbocycles. The summed E-state index contributed by atoms with van der Waals surface area (Å²) in [5.41, 5.74) is 8.47. The number of alkyl halides is 2. The number of nitrogens with zero attached hydrogens (tertiary/aromatic N) is 9. The first-order valence-electron chi connectivity index (χ1n) is 26.6. The molecule has 2 fully saturated rings. The van der Waals surface area contributed by atoms with Crippen LogP contribution in [0, 0.1) is 12.3 Å². The molecule has 4 N–H and O–H groups in total. The molecule has 0 aliphatic carbocycles. The molecule has 0 spiro atoms. The Morgan fingerprint density at radius 1 is 0.961 bits per heavy atom. The van der Waals surface area contributed by atoms with Crippen molar-refractivity contribution < 1.29 is 42.6 Å². The van der Waals surface area contributed by atoms with Crippen LogP contribution in [0.3, 0.4) is 0 Å². The number of aliphatic hydroxyl groups is 1. The molecule has 4 aliphatic rings. The number of carbonyl (C=O) groups is 5. The van der Waals surface area contributed by atoms with Crippen LogP contribution in [0.4, 0.5) is 25.1 Å². The number of aromatic nitrogens is 5. The van der Waals surface area contributed by atoms with Gasteiger partial charge in [0, 0.05) is 107 Å². The summed E-state index contributed by atoms with van der Waals surface area (Å²) in [6.45, 7) is 10.1. The lowest BCUT2D eigenvalue weighted by atomic mass is 9.85. The quantitative estimate of drug-likeness (QED) is 0.0817. The number of aryl methyl sites for hydroxylation is 3. The van der Waals surface area contributed by atoms with Crippen LogP contribution in [0.5, 0.6) is 0 Å². The van der Waals surface area contributed by atoms with Gasteiger partial charge in [-0.15, -0.1) is 11.3 Å². The maximum Gasteiger partial charge on any atom is 0.317 e. The van der Waals surface area contributed by atoms with Crippen LogP contribution >= 0.6 is 11.3 Å². The molecule has 0 saturated carbocycles. The number of piperidine rings is 1. The first kappa shape index (κ1) is 55.0. The van der Waals surface area contributed by atoms with Crippen LogP contribution in [-0.2, 0) is 56.9 Å². The van der Waals surface area contributed by atoms with E-state index in [9.17, 15) is 37.9 Å². The number of halogens is 2. The van der Waals surface area contributed by atoms with Gasteiger partial charge in [-0.3, -0.25) is 28.5 Å². The van der Waals surface area contributed by atoms with Crippen LogP contribution in [-0.4, -0.2) is 145 Å². The van der Waals surface area contributed by atoms with E-state index < -0.39 is 47.7 Å². The molecule has 5 aromatic rings. The number of anilines is 2. The Labute approximate surface area is 451 Å². The Balaban J connectivity index is 0.768. The van der Waals surface area contributed by atoms with Crippen molar-refractivity contribution in [3.8, 4) is 21.6 Å². The standard InChI is InChI=1S/C55H70F2N12O7S/c1-33-48(77-32-60-33)35-11-9-34(10-12-35)27-59-52(73)45-25-39(70)30-68(45)53(74)49(55(2,3)4)62-46(71)16-22-76-23-17-47(72)65-19-13-38(14-20-65)69-43-15-21-66(54(75)58-5)31-42(43)51(63-69)67-18-7-8-36-24-40(37-28-61-64(6)29-37)41(50(56)57)26-44(36)67/h9-12,24,26,28-29,32,38-39,45,49-50,70H,7-8,13-23,25,27,30-31H2,1-6H3,(H,58,75)(H,59,73)(H,62,71)/t39-,45+,49-/m1/s1. The van der Waals surface area contributed by atoms with Crippen LogP contribution in [0.25, 0.3) is 21.6 Å². The van der Waals surface area contributed by atoms with Crippen molar-refractivity contribution in [2.24, 2.45) is 12.5 Å². The summed E-state index contributed by atoms with van der Waals surface area (Å²) in [7, 11) is 3.36. The predicted octanol–water partition coefficient (Wildman–Crippen LogP) is 6.20. The van der Waals surface area contributed by atoms with Crippen molar-refractivity contribution in [1.29, 1.82) is 0 Å². The van der Waals surface area contributed by atoms with E-state index in [1.807, 2.05) is 67.8 Å².